The molecule has 3 nitrogen and oxygen atoms in total. The molecular weight excluding hydrogens is 224 g/mol. The topological polar surface area (TPSA) is 44.9 Å². The van der Waals surface area contributed by atoms with Crippen molar-refractivity contribution in [1.29, 1.82) is 0 Å². The first-order valence-electron chi connectivity index (χ1n) is 7.20. The average Bonchev–Trinajstić information content (AvgIpc) is 2.75. The molecule has 1 aromatic rings. The predicted octanol–water partition coefficient (Wildman–Crippen LogP) is 2.53. The van der Waals surface area contributed by atoms with Crippen LogP contribution in [0.15, 0.2) is 16.9 Å². The number of H-pyrrole nitrogens is 1. The van der Waals surface area contributed by atoms with Gasteiger partial charge in [0.1, 0.15) is 0 Å². The van der Waals surface area contributed by atoms with E-state index < -0.39 is 0 Å². The fraction of sp³-hybridized carbons (Fsp3) is 0.667. The summed E-state index contributed by atoms with van der Waals surface area (Å²) in [5.41, 5.74) is 2.50. The third-order valence-electron chi connectivity index (χ3n) is 4.46. The summed E-state index contributed by atoms with van der Waals surface area (Å²) in [4.78, 5) is 14.4. The Morgan fingerprint density at radius 1 is 1.28 bits per heavy atom. The maximum Gasteiger partial charge on any atom is 0.248 e. The molecule has 0 aliphatic heterocycles. The molecule has 1 saturated carbocycles. The summed E-state index contributed by atoms with van der Waals surface area (Å²) < 4.78 is 0. The highest BCUT2D eigenvalue weighted by atomic mass is 16.1. The van der Waals surface area contributed by atoms with Crippen LogP contribution < -0.4 is 10.9 Å². The maximum absolute atomic E-state index is 11.4. The Hall–Kier alpha value is -1.09. The number of fused-ring (bicyclic) bond motifs is 1. The van der Waals surface area contributed by atoms with Crippen LogP contribution in [0.25, 0.3) is 0 Å². The van der Waals surface area contributed by atoms with Crippen molar-refractivity contribution in [1.82, 2.24) is 10.3 Å². The van der Waals surface area contributed by atoms with Crippen LogP contribution in [-0.4, -0.2) is 11.0 Å². The quantitative estimate of drug-likeness (QED) is 0.842. The Labute approximate surface area is 108 Å². The smallest absolute Gasteiger partial charge is 0.248 e. The van der Waals surface area contributed by atoms with Crippen LogP contribution in [0.1, 0.15) is 56.3 Å². The minimum absolute atomic E-state index is 0.0314. The molecule has 3 atom stereocenters. The first-order chi connectivity index (χ1) is 8.72. The molecule has 0 aromatic carbocycles. The molecule has 1 aromatic heterocycles. The van der Waals surface area contributed by atoms with Crippen LogP contribution in [0.5, 0.6) is 0 Å². The van der Waals surface area contributed by atoms with E-state index in [2.05, 4.69) is 17.2 Å². The van der Waals surface area contributed by atoms with Gasteiger partial charge < -0.3 is 10.3 Å². The highest BCUT2D eigenvalue weighted by Crippen LogP contribution is 2.31. The molecule has 1 heterocycles. The second-order valence-corrected chi connectivity index (χ2v) is 5.98. The van der Waals surface area contributed by atoms with Gasteiger partial charge in [0.15, 0.2) is 0 Å². The zero-order chi connectivity index (χ0) is 12.5. The van der Waals surface area contributed by atoms with Crippen LogP contribution in [0.4, 0.5) is 0 Å². The van der Waals surface area contributed by atoms with Gasteiger partial charge in [-0.05, 0) is 50.0 Å². The second-order valence-electron chi connectivity index (χ2n) is 5.98. The van der Waals surface area contributed by atoms with E-state index in [0.29, 0.717) is 12.1 Å². The van der Waals surface area contributed by atoms with E-state index in [4.69, 9.17) is 0 Å². The van der Waals surface area contributed by atoms with E-state index in [0.717, 1.165) is 18.0 Å². The zero-order valence-electron chi connectivity index (χ0n) is 11.0. The molecule has 3 unspecified atom stereocenters. The normalized spacial score (nSPS) is 31.3. The summed E-state index contributed by atoms with van der Waals surface area (Å²) in [6.45, 7) is 2.34. The number of aromatic nitrogens is 1. The molecule has 3 rings (SSSR count). The van der Waals surface area contributed by atoms with Crippen molar-refractivity contribution in [3.05, 3.63) is 33.7 Å². The lowest BCUT2D eigenvalue weighted by Gasteiger charge is -2.28. The number of hydrogen-bond acceptors (Lipinski definition) is 2. The molecule has 0 amide bonds. The number of rotatable bonds is 2. The molecule has 0 spiro atoms. The van der Waals surface area contributed by atoms with Crippen molar-refractivity contribution >= 4 is 0 Å². The molecular formula is C15H22N2O. The lowest BCUT2D eigenvalue weighted by Crippen LogP contribution is -2.34. The first-order valence-corrected chi connectivity index (χ1v) is 7.20. The van der Waals surface area contributed by atoms with Crippen LogP contribution in [0.2, 0.25) is 0 Å². The van der Waals surface area contributed by atoms with Crippen molar-refractivity contribution in [3.63, 3.8) is 0 Å². The van der Waals surface area contributed by atoms with E-state index in [9.17, 15) is 4.79 Å². The highest BCUT2D eigenvalue weighted by Gasteiger charge is 2.27. The van der Waals surface area contributed by atoms with E-state index in [1.165, 1.54) is 37.7 Å². The molecule has 18 heavy (non-hydrogen) atoms. The molecule has 98 valence electrons. The number of pyridine rings is 1. The SMILES string of the molecule is CC1CCC(NC2CCCc3[nH]c(=O)ccc32)C1. The second kappa shape index (κ2) is 4.88. The lowest BCUT2D eigenvalue weighted by molar-refractivity contribution is 0.388. The Morgan fingerprint density at radius 3 is 2.94 bits per heavy atom. The van der Waals surface area contributed by atoms with Crippen LogP contribution >= 0.6 is 0 Å². The van der Waals surface area contributed by atoms with Gasteiger partial charge in [0.25, 0.3) is 0 Å². The first kappa shape index (κ1) is 12.0. The molecule has 0 bridgehead atoms. The van der Waals surface area contributed by atoms with Gasteiger partial charge in [-0.3, -0.25) is 4.79 Å². The Kier molecular flexibility index (Phi) is 3.25. The van der Waals surface area contributed by atoms with Crippen molar-refractivity contribution in [2.24, 2.45) is 5.92 Å². The van der Waals surface area contributed by atoms with Crippen molar-refractivity contribution < 1.29 is 0 Å². The van der Waals surface area contributed by atoms with Gasteiger partial charge in [-0.25, -0.2) is 0 Å². The fourth-order valence-corrected chi connectivity index (χ4v) is 3.52. The molecule has 2 aliphatic carbocycles. The Balaban J connectivity index is 1.77. The van der Waals surface area contributed by atoms with Crippen LogP contribution in [0, 0.1) is 5.92 Å². The molecule has 2 N–H and O–H groups in total. The third-order valence-corrected chi connectivity index (χ3v) is 4.46. The maximum atomic E-state index is 11.4. The minimum Gasteiger partial charge on any atom is -0.326 e. The standard InChI is InChI=1S/C15H22N2O/c1-10-5-6-11(9-10)16-13-3-2-4-14-12(13)7-8-15(18)17-14/h7-8,10-11,13,16H,2-6,9H2,1H3,(H,17,18). The number of aromatic amines is 1. The Bertz CT molecular complexity index is 480. The van der Waals surface area contributed by atoms with Crippen LogP contribution in [0.3, 0.4) is 0 Å². The summed E-state index contributed by atoms with van der Waals surface area (Å²) in [5.74, 6) is 0.862. The van der Waals surface area contributed by atoms with Crippen molar-refractivity contribution in [2.45, 2.75) is 57.5 Å². The molecule has 0 radical (unpaired) electrons. The van der Waals surface area contributed by atoms with Gasteiger partial charge in [-0.2, -0.15) is 0 Å². The van der Waals surface area contributed by atoms with Crippen molar-refractivity contribution in [3.8, 4) is 0 Å². The monoisotopic (exact) mass is 246 g/mol. The minimum atomic E-state index is 0.0314. The van der Waals surface area contributed by atoms with Gasteiger partial charge >= 0.3 is 0 Å². The van der Waals surface area contributed by atoms with E-state index in [1.807, 2.05) is 6.07 Å². The van der Waals surface area contributed by atoms with E-state index in [1.54, 1.807) is 6.07 Å². The van der Waals surface area contributed by atoms with Crippen molar-refractivity contribution in [2.75, 3.05) is 0 Å². The van der Waals surface area contributed by atoms with Gasteiger partial charge in [0, 0.05) is 23.8 Å². The average molecular weight is 246 g/mol. The summed E-state index contributed by atoms with van der Waals surface area (Å²) in [5, 5.41) is 3.80. The van der Waals surface area contributed by atoms with Gasteiger partial charge in [0.05, 0.1) is 0 Å². The molecule has 1 fully saturated rings. The van der Waals surface area contributed by atoms with Gasteiger partial charge in [-0.1, -0.05) is 13.0 Å². The van der Waals surface area contributed by atoms with E-state index >= 15 is 0 Å². The summed E-state index contributed by atoms with van der Waals surface area (Å²) in [6, 6.07) is 4.79. The zero-order valence-corrected chi connectivity index (χ0v) is 11.0. The molecule has 0 saturated heterocycles. The highest BCUT2D eigenvalue weighted by molar-refractivity contribution is 5.26. The summed E-state index contributed by atoms with van der Waals surface area (Å²) >= 11 is 0. The van der Waals surface area contributed by atoms with Gasteiger partial charge in [-0.15, -0.1) is 0 Å². The molecule has 2 aliphatic rings. The third kappa shape index (κ3) is 2.37. The number of hydrogen-bond donors (Lipinski definition) is 2. The molecule has 3 heteroatoms. The fourth-order valence-electron chi connectivity index (χ4n) is 3.52. The summed E-state index contributed by atoms with van der Waals surface area (Å²) in [7, 11) is 0. The van der Waals surface area contributed by atoms with Gasteiger partial charge in [0.2, 0.25) is 5.56 Å². The summed E-state index contributed by atoms with van der Waals surface area (Å²) in [6.07, 6.45) is 7.34. The number of nitrogens with one attached hydrogen (secondary N) is 2. The van der Waals surface area contributed by atoms with Crippen LogP contribution in [-0.2, 0) is 6.42 Å². The Morgan fingerprint density at radius 2 is 2.17 bits per heavy atom. The largest absolute Gasteiger partial charge is 0.326 e. The number of aryl methyl sites for hydroxylation is 1. The predicted molar refractivity (Wildman–Crippen MR) is 72.7 cm³/mol. The van der Waals surface area contributed by atoms with E-state index in [-0.39, 0.29) is 5.56 Å². The lowest BCUT2D eigenvalue weighted by atomic mass is 9.90.